The molecular weight excluding hydrogens is 332 g/mol. The van der Waals surface area contributed by atoms with Crippen LogP contribution >= 0.6 is 0 Å². The molecule has 0 spiro atoms. The van der Waals surface area contributed by atoms with Crippen molar-refractivity contribution >= 4 is 11.7 Å². The van der Waals surface area contributed by atoms with Crippen molar-refractivity contribution in [1.29, 1.82) is 0 Å². The van der Waals surface area contributed by atoms with E-state index in [1.165, 1.54) is 0 Å². The number of benzene rings is 2. The minimum Gasteiger partial charge on any atom is -0.388 e. The molecule has 132 valence electrons. The molecule has 0 bridgehead atoms. The molecule has 0 aliphatic rings. The van der Waals surface area contributed by atoms with Crippen LogP contribution in [0.3, 0.4) is 0 Å². The number of hydrogen-bond donors (Lipinski definition) is 2. The molecule has 3 rings (SSSR count). The first-order chi connectivity index (χ1) is 12.6. The fraction of sp³-hybridized carbons (Fsp3) is 0.150. The van der Waals surface area contributed by atoms with E-state index in [2.05, 4.69) is 10.5 Å². The smallest absolute Gasteiger partial charge is 0.273 e. The summed E-state index contributed by atoms with van der Waals surface area (Å²) >= 11 is 0. The molecule has 6 nitrogen and oxygen atoms in total. The average molecular weight is 350 g/mol. The summed E-state index contributed by atoms with van der Waals surface area (Å²) in [5.74, 6) is -0.156. The third-order valence-corrected chi connectivity index (χ3v) is 3.95. The normalized spacial score (nSPS) is 10.5. The van der Waals surface area contributed by atoms with Crippen molar-refractivity contribution in [2.24, 2.45) is 0 Å². The number of ketones is 1. The summed E-state index contributed by atoms with van der Waals surface area (Å²) < 4.78 is 5.25. The lowest BCUT2D eigenvalue weighted by Crippen LogP contribution is -2.23. The summed E-state index contributed by atoms with van der Waals surface area (Å²) in [5.41, 5.74) is 3.45. The maximum absolute atomic E-state index is 12.2. The number of aromatic nitrogens is 1. The minimum absolute atomic E-state index is 0.202. The lowest BCUT2D eigenvalue weighted by molar-refractivity contribution is 0.0902. The number of amides is 1. The van der Waals surface area contributed by atoms with Crippen LogP contribution in [0.4, 0.5) is 0 Å². The van der Waals surface area contributed by atoms with Gasteiger partial charge in [0.2, 0.25) is 0 Å². The van der Waals surface area contributed by atoms with Gasteiger partial charge in [0, 0.05) is 23.7 Å². The van der Waals surface area contributed by atoms with Gasteiger partial charge in [-0.05, 0) is 12.5 Å². The Balaban J connectivity index is 1.62. The van der Waals surface area contributed by atoms with E-state index < -0.39 is 6.61 Å². The number of Topliss-reactive ketones (excluding diaryl/α,β-unsaturated/α-hetero) is 1. The van der Waals surface area contributed by atoms with Gasteiger partial charge in [0.25, 0.3) is 5.91 Å². The summed E-state index contributed by atoms with van der Waals surface area (Å²) in [7, 11) is 0. The zero-order valence-corrected chi connectivity index (χ0v) is 14.2. The highest BCUT2D eigenvalue weighted by Crippen LogP contribution is 2.20. The Morgan fingerprint density at radius 2 is 1.77 bits per heavy atom. The predicted molar refractivity (Wildman–Crippen MR) is 95.7 cm³/mol. The minimum atomic E-state index is -0.522. The van der Waals surface area contributed by atoms with Crippen LogP contribution < -0.4 is 5.32 Å². The van der Waals surface area contributed by atoms with E-state index in [1.54, 1.807) is 30.3 Å². The van der Waals surface area contributed by atoms with Crippen molar-refractivity contribution in [1.82, 2.24) is 10.5 Å². The Bertz CT molecular complexity index is 912. The van der Waals surface area contributed by atoms with E-state index in [-0.39, 0.29) is 17.4 Å². The number of aliphatic hydroxyl groups is 1. The number of nitrogens with zero attached hydrogens (tertiary/aromatic N) is 1. The molecule has 1 aromatic heterocycles. The summed E-state index contributed by atoms with van der Waals surface area (Å²) in [6, 6.07) is 16.0. The average Bonchev–Trinajstić information content (AvgIpc) is 3.16. The molecule has 1 heterocycles. The van der Waals surface area contributed by atoms with Crippen molar-refractivity contribution < 1.29 is 19.2 Å². The Morgan fingerprint density at radius 3 is 2.42 bits per heavy atom. The molecule has 0 saturated heterocycles. The van der Waals surface area contributed by atoms with Crippen molar-refractivity contribution in [2.75, 3.05) is 6.61 Å². The SMILES string of the molecule is Cc1ccc(-c2cc(C(=O)NCc3ccc(C(=O)CO)cc3)no2)cc1. The van der Waals surface area contributed by atoms with Crippen LogP contribution in [0.5, 0.6) is 0 Å². The zero-order valence-electron chi connectivity index (χ0n) is 14.2. The van der Waals surface area contributed by atoms with Crippen LogP contribution in [0.2, 0.25) is 0 Å². The largest absolute Gasteiger partial charge is 0.388 e. The number of carbonyl (C=O) groups excluding carboxylic acids is 2. The molecule has 2 N–H and O–H groups in total. The molecule has 0 atom stereocenters. The molecule has 3 aromatic rings. The molecule has 0 aliphatic heterocycles. The Morgan fingerprint density at radius 1 is 1.08 bits per heavy atom. The van der Waals surface area contributed by atoms with Gasteiger partial charge in [0.05, 0.1) is 0 Å². The summed E-state index contributed by atoms with van der Waals surface area (Å²) in [6.45, 7) is 1.76. The standard InChI is InChI=1S/C20H18N2O4/c1-13-2-6-16(7-3-13)19-10-17(22-26-19)20(25)21-11-14-4-8-15(9-5-14)18(24)12-23/h2-10,23H,11-12H2,1H3,(H,21,25). The number of nitrogens with one attached hydrogen (secondary N) is 1. The van der Waals surface area contributed by atoms with E-state index in [0.717, 1.165) is 16.7 Å². The Labute approximate surface area is 150 Å². The lowest BCUT2D eigenvalue weighted by atomic mass is 10.1. The van der Waals surface area contributed by atoms with Gasteiger partial charge in [0.15, 0.2) is 17.2 Å². The fourth-order valence-corrected chi connectivity index (χ4v) is 2.41. The van der Waals surface area contributed by atoms with Crippen LogP contribution in [0.1, 0.15) is 32.0 Å². The van der Waals surface area contributed by atoms with Crippen LogP contribution in [0, 0.1) is 6.92 Å². The molecule has 0 fully saturated rings. The zero-order chi connectivity index (χ0) is 18.5. The highest BCUT2D eigenvalue weighted by Gasteiger charge is 2.13. The maximum Gasteiger partial charge on any atom is 0.273 e. The fourth-order valence-electron chi connectivity index (χ4n) is 2.41. The van der Waals surface area contributed by atoms with Gasteiger partial charge < -0.3 is 14.9 Å². The van der Waals surface area contributed by atoms with Crippen LogP contribution in [0.15, 0.2) is 59.1 Å². The van der Waals surface area contributed by atoms with Crippen molar-refractivity contribution in [2.45, 2.75) is 13.5 Å². The molecule has 0 saturated carbocycles. The van der Waals surface area contributed by atoms with Crippen molar-refractivity contribution in [3.05, 3.63) is 77.0 Å². The first-order valence-corrected chi connectivity index (χ1v) is 8.12. The van der Waals surface area contributed by atoms with Crippen LogP contribution in [-0.4, -0.2) is 28.6 Å². The number of carbonyl (C=O) groups is 2. The maximum atomic E-state index is 12.2. The number of aryl methyl sites for hydroxylation is 1. The lowest BCUT2D eigenvalue weighted by Gasteiger charge is -2.04. The Hall–Kier alpha value is -3.25. The molecule has 0 unspecified atom stereocenters. The van der Waals surface area contributed by atoms with Crippen molar-refractivity contribution in [3.63, 3.8) is 0 Å². The van der Waals surface area contributed by atoms with E-state index >= 15 is 0 Å². The quantitative estimate of drug-likeness (QED) is 0.667. The second kappa shape index (κ2) is 7.76. The third kappa shape index (κ3) is 4.04. The predicted octanol–water partition coefficient (Wildman–Crippen LogP) is 2.76. The van der Waals surface area contributed by atoms with E-state index in [4.69, 9.17) is 9.63 Å². The highest BCUT2D eigenvalue weighted by atomic mass is 16.5. The molecule has 0 radical (unpaired) electrons. The van der Waals surface area contributed by atoms with Gasteiger partial charge in [-0.15, -0.1) is 0 Å². The van der Waals surface area contributed by atoms with Crippen LogP contribution in [0.25, 0.3) is 11.3 Å². The van der Waals surface area contributed by atoms with Gasteiger partial charge in [-0.1, -0.05) is 59.3 Å². The molecule has 2 aromatic carbocycles. The number of hydrogen-bond acceptors (Lipinski definition) is 5. The molecular formula is C20H18N2O4. The molecule has 6 heteroatoms. The second-order valence-corrected chi connectivity index (χ2v) is 5.90. The molecule has 26 heavy (non-hydrogen) atoms. The summed E-state index contributed by atoms with van der Waals surface area (Å²) in [6.07, 6.45) is 0. The number of rotatable bonds is 6. The third-order valence-electron chi connectivity index (χ3n) is 3.95. The van der Waals surface area contributed by atoms with Crippen LogP contribution in [-0.2, 0) is 6.54 Å². The van der Waals surface area contributed by atoms with Gasteiger partial charge in [-0.25, -0.2) is 0 Å². The van der Waals surface area contributed by atoms with Gasteiger partial charge in [-0.2, -0.15) is 0 Å². The van der Waals surface area contributed by atoms with Crippen molar-refractivity contribution in [3.8, 4) is 11.3 Å². The Kier molecular flexibility index (Phi) is 5.24. The van der Waals surface area contributed by atoms with Gasteiger partial charge in [0.1, 0.15) is 6.61 Å². The molecule has 1 amide bonds. The molecule has 0 aliphatic carbocycles. The van der Waals surface area contributed by atoms with E-state index in [0.29, 0.717) is 17.9 Å². The van der Waals surface area contributed by atoms with Gasteiger partial charge >= 0.3 is 0 Å². The first-order valence-electron chi connectivity index (χ1n) is 8.12. The first kappa shape index (κ1) is 17.6. The highest BCUT2D eigenvalue weighted by molar-refractivity contribution is 5.97. The van der Waals surface area contributed by atoms with E-state index in [9.17, 15) is 9.59 Å². The monoisotopic (exact) mass is 350 g/mol. The second-order valence-electron chi connectivity index (χ2n) is 5.90. The topological polar surface area (TPSA) is 92.4 Å². The van der Waals surface area contributed by atoms with Gasteiger partial charge in [-0.3, -0.25) is 9.59 Å². The summed E-state index contributed by atoms with van der Waals surface area (Å²) in [4.78, 5) is 23.6. The summed E-state index contributed by atoms with van der Waals surface area (Å²) in [5, 5.41) is 15.4. The number of aliphatic hydroxyl groups excluding tert-OH is 1. The van der Waals surface area contributed by atoms with E-state index in [1.807, 2.05) is 31.2 Å².